The Hall–Kier alpha value is -2.28. The molecule has 0 radical (unpaired) electrons. The van der Waals surface area contributed by atoms with Crippen molar-refractivity contribution in [3.05, 3.63) is 53.6 Å². The van der Waals surface area contributed by atoms with Crippen LogP contribution < -0.4 is 14.2 Å². The zero-order valence-corrected chi connectivity index (χ0v) is 17.3. The van der Waals surface area contributed by atoms with Gasteiger partial charge in [-0.15, -0.1) is 0 Å². The third-order valence-electron chi connectivity index (χ3n) is 5.18. The molecule has 0 aliphatic carbocycles. The van der Waals surface area contributed by atoms with E-state index < -0.39 is 6.10 Å². The molecule has 0 spiro atoms. The lowest BCUT2D eigenvalue weighted by molar-refractivity contribution is 0.0322. The summed E-state index contributed by atoms with van der Waals surface area (Å²) in [5, 5.41) is 10.6. The number of nitrogens with zero attached hydrogens (tertiary/aromatic N) is 1. The fourth-order valence-electron chi connectivity index (χ4n) is 3.44. The second-order valence-corrected chi connectivity index (χ2v) is 7.12. The third kappa shape index (κ3) is 6.35. The van der Waals surface area contributed by atoms with Crippen molar-refractivity contribution in [1.82, 2.24) is 4.90 Å². The highest BCUT2D eigenvalue weighted by Crippen LogP contribution is 2.29. The molecule has 0 aromatic heterocycles. The summed E-state index contributed by atoms with van der Waals surface area (Å²) in [6, 6.07) is 13.6. The molecule has 1 atom stereocenters. The van der Waals surface area contributed by atoms with Gasteiger partial charge in [-0.05, 0) is 48.2 Å². The number of aliphatic hydroxyl groups excluding tert-OH is 1. The Balaban J connectivity index is 1.50. The lowest BCUT2D eigenvalue weighted by Gasteiger charge is -2.26. The second kappa shape index (κ2) is 11.0. The van der Waals surface area contributed by atoms with Gasteiger partial charge in [0.2, 0.25) is 0 Å². The molecule has 1 fully saturated rings. The van der Waals surface area contributed by atoms with Crippen molar-refractivity contribution >= 4 is 0 Å². The van der Waals surface area contributed by atoms with E-state index in [9.17, 15) is 5.11 Å². The van der Waals surface area contributed by atoms with E-state index in [2.05, 4.69) is 4.90 Å². The molecule has 2 aromatic carbocycles. The van der Waals surface area contributed by atoms with Gasteiger partial charge in [0, 0.05) is 19.6 Å². The Labute approximate surface area is 173 Å². The Morgan fingerprint density at radius 3 is 2.59 bits per heavy atom. The monoisotopic (exact) mass is 401 g/mol. The molecule has 1 N–H and O–H groups in total. The average Bonchev–Trinajstić information content (AvgIpc) is 2.78. The molecular formula is C23H31NO5. The molecule has 0 saturated carbocycles. The lowest BCUT2D eigenvalue weighted by atomic mass is 10.0. The molecule has 0 bridgehead atoms. The lowest BCUT2D eigenvalue weighted by Crippen LogP contribution is -2.38. The first-order valence-electron chi connectivity index (χ1n) is 10.1. The third-order valence-corrected chi connectivity index (χ3v) is 5.18. The van der Waals surface area contributed by atoms with Gasteiger partial charge in [-0.1, -0.05) is 18.2 Å². The first-order valence-corrected chi connectivity index (χ1v) is 10.1. The van der Waals surface area contributed by atoms with Gasteiger partial charge in [-0.25, -0.2) is 0 Å². The van der Waals surface area contributed by atoms with Crippen molar-refractivity contribution in [3.8, 4) is 17.2 Å². The van der Waals surface area contributed by atoms with Gasteiger partial charge in [-0.3, -0.25) is 4.90 Å². The van der Waals surface area contributed by atoms with Crippen molar-refractivity contribution in [2.75, 3.05) is 53.7 Å². The predicted molar refractivity (Wildman–Crippen MR) is 112 cm³/mol. The largest absolute Gasteiger partial charge is 0.493 e. The molecule has 1 aliphatic heterocycles. The molecule has 2 aromatic rings. The predicted octanol–water partition coefficient (Wildman–Crippen LogP) is 3.08. The Morgan fingerprint density at radius 1 is 1.03 bits per heavy atom. The van der Waals surface area contributed by atoms with E-state index >= 15 is 0 Å². The van der Waals surface area contributed by atoms with Crippen LogP contribution in [-0.4, -0.2) is 63.7 Å². The van der Waals surface area contributed by atoms with Gasteiger partial charge in [0.15, 0.2) is 11.5 Å². The minimum Gasteiger partial charge on any atom is -0.493 e. The summed E-state index contributed by atoms with van der Waals surface area (Å²) in [7, 11) is 3.25. The maximum atomic E-state index is 10.6. The van der Waals surface area contributed by atoms with E-state index in [0.29, 0.717) is 24.5 Å². The number of benzene rings is 2. The molecule has 0 unspecified atom stereocenters. The van der Waals surface area contributed by atoms with Gasteiger partial charge >= 0.3 is 0 Å². The molecule has 1 heterocycles. The van der Waals surface area contributed by atoms with Gasteiger partial charge in [0.05, 0.1) is 33.5 Å². The summed E-state index contributed by atoms with van der Waals surface area (Å²) in [4.78, 5) is 2.34. The van der Waals surface area contributed by atoms with Crippen molar-refractivity contribution in [3.63, 3.8) is 0 Å². The minimum absolute atomic E-state index is 0.550. The molecule has 158 valence electrons. The summed E-state index contributed by atoms with van der Waals surface area (Å²) >= 11 is 0. The number of hydrogen-bond acceptors (Lipinski definition) is 6. The highest BCUT2D eigenvalue weighted by atomic mass is 16.5. The van der Waals surface area contributed by atoms with Crippen LogP contribution in [0.3, 0.4) is 0 Å². The SMILES string of the molecule is COc1ccc(CC[C@H](O)c2cccc(OCCN3CCOCC3)c2)cc1OC. The number of morpholine rings is 1. The molecule has 1 aliphatic rings. The number of hydrogen-bond donors (Lipinski definition) is 1. The van der Waals surface area contributed by atoms with E-state index in [0.717, 1.165) is 56.1 Å². The summed E-state index contributed by atoms with van der Waals surface area (Å²) in [6.45, 7) is 5.01. The van der Waals surface area contributed by atoms with Crippen LogP contribution in [-0.2, 0) is 11.2 Å². The van der Waals surface area contributed by atoms with E-state index in [4.69, 9.17) is 18.9 Å². The second-order valence-electron chi connectivity index (χ2n) is 7.12. The molecular weight excluding hydrogens is 370 g/mol. The number of aryl methyl sites for hydroxylation is 1. The fraction of sp³-hybridized carbons (Fsp3) is 0.478. The van der Waals surface area contributed by atoms with Crippen LogP contribution in [0.5, 0.6) is 17.2 Å². The van der Waals surface area contributed by atoms with Gasteiger partial charge in [0.25, 0.3) is 0 Å². The standard InChI is InChI=1S/C23H31NO5/c1-26-22-9-7-18(16-23(22)27-2)6-8-21(25)19-4-3-5-20(17-19)29-15-12-24-10-13-28-14-11-24/h3-5,7,9,16-17,21,25H,6,8,10-15H2,1-2H3/t21-/m0/s1. The molecule has 6 nitrogen and oxygen atoms in total. The molecule has 1 saturated heterocycles. The first-order chi connectivity index (χ1) is 14.2. The zero-order valence-electron chi connectivity index (χ0n) is 17.3. The Morgan fingerprint density at radius 2 is 1.83 bits per heavy atom. The summed E-state index contributed by atoms with van der Waals surface area (Å²) in [6.07, 6.45) is 0.807. The summed E-state index contributed by atoms with van der Waals surface area (Å²) < 4.78 is 21.9. The van der Waals surface area contributed by atoms with Gasteiger partial charge in [0.1, 0.15) is 12.4 Å². The van der Waals surface area contributed by atoms with Crippen molar-refractivity contribution in [2.45, 2.75) is 18.9 Å². The number of rotatable bonds is 10. The van der Waals surface area contributed by atoms with Crippen LogP contribution in [0.1, 0.15) is 23.7 Å². The van der Waals surface area contributed by atoms with Gasteiger partial charge in [-0.2, -0.15) is 0 Å². The van der Waals surface area contributed by atoms with E-state index in [1.807, 2.05) is 42.5 Å². The molecule has 3 rings (SSSR count). The molecule has 6 heteroatoms. The van der Waals surface area contributed by atoms with Crippen LogP contribution in [0.2, 0.25) is 0 Å². The van der Waals surface area contributed by atoms with E-state index in [-0.39, 0.29) is 0 Å². The smallest absolute Gasteiger partial charge is 0.160 e. The zero-order chi connectivity index (χ0) is 20.5. The molecule has 0 amide bonds. The van der Waals surface area contributed by atoms with Gasteiger partial charge < -0.3 is 24.1 Å². The maximum absolute atomic E-state index is 10.6. The maximum Gasteiger partial charge on any atom is 0.160 e. The minimum atomic E-state index is -0.550. The van der Waals surface area contributed by atoms with Crippen LogP contribution in [0.15, 0.2) is 42.5 Å². The number of ether oxygens (including phenoxy) is 4. The van der Waals surface area contributed by atoms with Crippen molar-refractivity contribution in [1.29, 1.82) is 0 Å². The topological polar surface area (TPSA) is 60.4 Å². The normalized spacial score (nSPS) is 15.7. The quantitative estimate of drug-likeness (QED) is 0.660. The van der Waals surface area contributed by atoms with E-state index in [1.165, 1.54) is 0 Å². The Bertz CT molecular complexity index is 761. The van der Waals surface area contributed by atoms with Crippen LogP contribution in [0.25, 0.3) is 0 Å². The van der Waals surface area contributed by atoms with Crippen LogP contribution in [0, 0.1) is 0 Å². The van der Waals surface area contributed by atoms with Crippen LogP contribution in [0.4, 0.5) is 0 Å². The first kappa shape index (κ1) is 21.4. The average molecular weight is 402 g/mol. The summed E-state index contributed by atoms with van der Waals surface area (Å²) in [5.41, 5.74) is 1.97. The molecule has 29 heavy (non-hydrogen) atoms. The highest BCUT2D eigenvalue weighted by molar-refractivity contribution is 5.43. The van der Waals surface area contributed by atoms with Crippen molar-refractivity contribution < 1.29 is 24.1 Å². The Kier molecular flexibility index (Phi) is 8.16. The summed E-state index contributed by atoms with van der Waals surface area (Å²) in [5.74, 6) is 2.20. The van der Waals surface area contributed by atoms with E-state index in [1.54, 1.807) is 14.2 Å². The van der Waals surface area contributed by atoms with Crippen molar-refractivity contribution in [2.24, 2.45) is 0 Å². The fourth-order valence-corrected chi connectivity index (χ4v) is 3.44. The number of methoxy groups -OCH3 is 2. The van der Waals surface area contributed by atoms with Crippen LogP contribution >= 0.6 is 0 Å². The highest BCUT2D eigenvalue weighted by Gasteiger charge is 2.12. The number of aliphatic hydroxyl groups is 1.